The molecule has 102 valence electrons. The fourth-order valence-corrected chi connectivity index (χ4v) is 1.64. The number of nitro groups is 1. The van der Waals surface area contributed by atoms with E-state index >= 15 is 0 Å². The molecular weight excluding hydrogens is 240 g/mol. The summed E-state index contributed by atoms with van der Waals surface area (Å²) in [4.78, 5) is 10.6. The Balaban J connectivity index is 2.95. The lowest BCUT2D eigenvalue weighted by Crippen LogP contribution is -2.25. The Morgan fingerprint density at radius 2 is 2.11 bits per heavy atom. The second-order valence-corrected chi connectivity index (χ2v) is 3.64. The Labute approximate surface area is 105 Å². The van der Waals surface area contributed by atoms with E-state index in [0.717, 1.165) is 0 Å². The molecule has 0 amide bonds. The summed E-state index contributed by atoms with van der Waals surface area (Å²) in [5.74, 6) is 0.374. The van der Waals surface area contributed by atoms with E-state index in [1.807, 2.05) is 6.92 Å². The summed E-state index contributed by atoms with van der Waals surface area (Å²) in [6.45, 7) is 4.33. The highest BCUT2D eigenvalue weighted by Crippen LogP contribution is 2.28. The fourth-order valence-electron chi connectivity index (χ4n) is 1.64. The third-order valence-corrected chi connectivity index (χ3v) is 2.54. The normalized spacial score (nSPS) is 10.9. The Morgan fingerprint density at radius 1 is 1.50 bits per heavy atom. The van der Waals surface area contributed by atoms with Crippen molar-refractivity contribution < 1.29 is 14.4 Å². The summed E-state index contributed by atoms with van der Waals surface area (Å²) in [6, 6.07) is 0. The molecule has 0 aromatic carbocycles. The van der Waals surface area contributed by atoms with Crippen molar-refractivity contribution in [2.45, 2.75) is 26.7 Å². The quantitative estimate of drug-likeness (QED) is 0.448. The molecule has 0 bridgehead atoms. The zero-order valence-electron chi connectivity index (χ0n) is 11.0. The van der Waals surface area contributed by atoms with Gasteiger partial charge in [0.2, 0.25) is 5.82 Å². The van der Waals surface area contributed by atoms with Crippen molar-refractivity contribution in [2.75, 3.05) is 26.1 Å². The SMILES string of the molecule is CCn1nc(C)c([N+](=O)[O-])c1NCC(OC)OC. The second-order valence-electron chi connectivity index (χ2n) is 3.64. The summed E-state index contributed by atoms with van der Waals surface area (Å²) in [5.41, 5.74) is 0.374. The van der Waals surface area contributed by atoms with E-state index in [2.05, 4.69) is 10.4 Å². The summed E-state index contributed by atoms with van der Waals surface area (Å²) in [5, 5.41) is 18.1. The van der Waals surface area contributed by atoms with Gasteiger partial charge in [0.15, 0.2) is 6.29 Å². The van der Waals surface area contributed by atoms with Crippen LogP contribution in [0.4, 0.5) is 11.5 Å². The highest BCUT2D eigenvalue weighted by Gasteiger charge is 2.25. The van der Waals surface area contributed by atoms with Crippen LogP contribution in [0, 0.1) is 17.0 Å². The fraction of sp³-hybridized carbons (Fsp3) is 0.700. The average molecular weight is 258 g/mol. The van der Waals surface area contributed by atoms with Gasteiger partial charge in [-0.2, -0.15) is 5.10 Å². The number of hydrogen-bond acceptors (Lipinski definition) is 6. The first-order chi connectivity index (χ1) is 8.54. The maximum Gasteiger partial charge on any atom is 0.333 e. The first-order valence-corrected chi connectivity index (χ1v) is 5.56. The van der Waals surface area contributed by atoms with Gasteiger partial charge in [-0.05, 0) is 13.8 Å². The first kappa shape index (κ1) is 14.4. The highest BCUT2D eigenvalue weighted by atomic mass is 16.7. The number of ether oxygens (including phenoxy) is 2. The predicted molar refractivity (Wildman–Crippen MR) is 65.6 cm³/mol. The number of methoxy groups -OCH3 is 2. The molecule has 1 N–H and O–H groups in total. The third kappa shape index (κ3) is 2.96. The smallest absolute Gasteiger partial charge is 0.333 e. The summed E-state index contributed by atoms with van der Waals surface area (Å²) in [6.07, 6.45) is -0.467. The minimum Gasteiger partial charge on any atom is -0.359 e. The molecule has 0 saturated carbocycles. The van der Waals surface area contributed by atoms with Gasteiger partial charge in [-0.3, -0.25) is 10.1 Å². The van der Waals surface area contributed by atoms with Crippen molar-refractivity contribution in [3.8, 4) is 0 Å². The molecular formula is C10H18N4O4. The van der Waals surface area contributed by atoms with Gasteiger partial charge in [0, 0.05) is 20.8 Å². The van der Waals surface area contributed by atoms with Gasteiger partial charge in [-0.15, -0.1) is 0 Å². The van der Waals surface area contributed by atoms with E-state index in [0.29, 0.717) is 24.6 Å². The minimum atomic E-state index is -0.467. The standard InChI is InChI=1S/C10H18N4O4/c1-5-13-10(11-6-8(17-3)18-4)9(14(15)16)7(2)12-13/h8,11H,5-6H2,1-4H3. The van der Waals surface area contributed by atoms with Crippen molar-refractivity contribution in [3.05, 3.63) is 15.8 Å². The van der Waals surface area contributed by atoms with Crippen molar-refractivity contribution in [3.63, 3.8) is 0 Å². The molecule has 0 unspecified atom stereocenters. The van der Waals surface area contributed by atoms with E-state index in [9.17, 15) is 10.1 Å². The largest absolute Gasteiger partial charge is 0.359 e. The van der Waals surface area contributed by atoms with E-state index in [1.54, 1.807) is 11.6 Å². The molecule has 0 aliphatic heterocycles. The number of hydrogen-bond donors (Lipinski definition) is 1. The maximum atomic E-state index is 11.0. The first-order valence-electron chi connectivity index (χ1n) is 5.56. The van der Waals surface area contributed by atoms with Crippen LogP contribution in [-0.2, 0) is 16.0 Å². The van der Waals surface area contributed by atoms with E-state index in [1.165, 1.54) is 14.2 Å². The molecule has 1 aromatic rings. The van der Waals surface area contributed by atoms with Gasteiger partial charge < -0.3 is 14.8 Å². The Kier molecular flexibility index (Phi) is 5.05. The topological polar surface area (TPSA) is 91.5 Å². The Hall–Kier alpha value is -1.67. The maximum absolute atomic E-state index is 11.0. The number of nitrogens with one attached hydrogen (secondary N) is 1. The summed E-state index contributed by atoms with van der Waals surface area (Å²) in [7, 11) is 3.01. The molecule has 0 fully saturated rings. The minimum absolute atomic E-state index is 0.0113. The lowest BCUT2D eigenvalue weighted by Gasteiger charge is -2.14. The zero-order valence-corrected chi connectivity index (χ0v) is 11.0. The molecule has 1 aromatic heterocycles. The van der Waals surface area contributed by atoms with Crippen LogP contribution in [0.25, 0.3) is 0 Å². The Morgan fingerprint density at radius 3 is 2.56 bits per heavy atom. The molecule has 8 nitrogen and oxygen atoms in total. The molecule has 1 rings (SSSR count). The van der Waals surface area contributed by atoms with E-state index < -0.39 is 11.2 Å². The van der Waals surface area contributed by atoms with Crippen LogP contribution in [0.5, 0.6) is 0 Å². The third-order valence-electron chi connectivity index (χ3n) is 2.54. The average Bonchev–Trinajstić information content (AvgIpc) is 2.66. The summed E-state index contributed by atoms with van der Waals surface area (Å²) < 4.78 is 11.6. The lowest BCUT2D eigenvalue weighted by atomic mass is 10.4. The molecule has 18 heavy (non-hydrogen) atoms. The van der Waals surface area contributed by atoms with Crippen LogP contribution >= 0.6 is 0 Å². The molecule has 0 saturated heterocycles. The summed E-state index contributed by atoms with van der Waals surface area (Å²) >= 11 is 0. The molecule has 0 spiro atoms. The molecule has 8 heteroatoms. The van der Waals surface area contributed by atoms with Crippen molar-refractivity contribution in [1.29, 1.82) is 0 Å². The Bertz CT molecular complexity index is 414. The van der Waals surface area contributed by atoms with Gasteiger partial charge in [0.1, 0.15) is 5.69 Å². The van der Waals surface area contributed by atoms with Gasteiger partial charge in [-0.25, -0.2) is 4.68 Å². The molecule has 0 atom stereocenters. The van der Waals surface area contributed by atoms with Crippen LogP contribution < -0.4 is 5.32 Å². The number of aryl methyl sites for hydroxylation is 2. The van der Waals surface area contributed by atoms with Crippen molar-refractivity contribution in [1.82, 2.24) is 9.78 Å². The van der Waals surface area contributed by atoms with Crippen LogP contribution in [0.15, 0.2) is 0 Å². The van der Waals surface area contributed by atoms with Crippen molar-refractivity contribution in [2.24, 2.45) is 0 Å². The van der Waals surface area contributed by atoms with E-state index in [-0.39, 0.29) is 5.69 Å². The number of nitrogens with zero attached hydrogens (tertiary/aromatic N) is 3. The predicted octanol–water partition coefficient (Wildman–Crippen LogP) is 1.15. The van der Waals surface area contributed by atoms with Crippen LogP contribution in [0.2, 0.25) is 0 Å². The van der Waals surface area contributed by atoms with Gasteiger partial charge in [0.05, 0.1) is 11.5 Å². The lowest BCUT2D eigenvalue weighted by molar-refractivity contribution is -0.384. The number of aromatic nitrogens is 2. The van der Waals surface area contributed by atoms with Crippen LogP contribution in [-0.4, -0.2) is 41.8 Å². The van der Waals surface area contributed by atoms with Gasteiger partial charge in [0.25, 0.3) is 0 Å². The van der Waals surface area contributed by atoms with Gasteiger partial charge in [-0.1, -0.05) is 0 Å². The molecule has 0 radical (unpaired) electrons. The second kappa shape index (κ2) is 6.31. The van der Waals surface area contributed by atoms with Crippen LogP contribution in [0.1, 0.15) is 12.6 Å². The van der Waals surface area contributed by atoms with Crippen molar-refractivity contribution >= 4 is 11.5 Å². The monoisotopic (exact) mass is 258 g/mol. The van der Waals surface area contributed by atoms with E-state index in [4.69, 9.17) is 9.47 Å². The zero-order chi connectivity index (χ0) is 13.7. The molecule has 1 heterocycles. The number of anilines is 1. The molecule has 0 aliphatic rings. The number of rotatable bonds is 7. The van der Waals surface area contributed by atoms with Crippen LogP contribution in [0.3, 0.4) is 0 Å². The molecule has 0 aliphatic carbocycles. The van der Waals surface area contributed by atoms with Gasteiger partial charge >= 0.3 is 5.69 Å². The highest BCUT2D eigenvalue weighted by molar-refractivity contribution is 5.59.